The molecule has 0 aliphatic heterocycles. The Labute approximate surface area is 122 Å². The first-order valence-electron chi connectivity index (χ1n) is 8.14. The van der Waals surface area contributed by atoms with E-state index in [9.17, 15) is 0 Å². The molecule has 1 unspecified atom stereocenters. The molecule has 1 fully saturated rings. The van der Waals surface area contributed by atoms with Crippen LogP contribution in [0.2, 0.25) is 0 Å². The van der Waals surface area contributed by atoms with Gasteiger partial charge in [-0.05, 0) is 45.1 Å². The quantitative estimate of drug-likeness (QED) is 0.820. The molecule has 0 bridgehead atoms. The molecule has 0 saturated heterocycles. The summed E-state index contributed by atoms with van der Waals surface area (Å²) in [5, 5.41) is 12.1. The van der Waals surface area contributed by atoms with Crippen LogP contribution in [0.4, 0.5) is 0 Å². The number of nitrogens with zero attached hydrogens (tertiary/aromatic N) is 2. The fraction of sp³-hybridized carbons (Fsp3) is 0.875. The monoisotopic (exact) mass is 279 g/mol. The van der Waals surface area contributed by atoms with E-state index < -0.39 is 0 Å². The molecule has 0 aromatic carbocycles. The van der Waals surface area contributed by atoms with Crippen molar-refractivity contribution >= 4 is 0 Å². The zero-order valence-corrected chi connectivity index (χ0v) is 13.4. The SMILES string of the molecule is CCCNC(C)c1nnc(C2(CC(C)C)CCCC2)o1. The summed E-state index contributed by atoms with van der Waals surface area (Å²) >= 11 is 0. The molecule has 2 rings (SSSR count). The normalized spacial score (nSPS) is 19.6. The second kappa shape index (κ2) is 6.70. The summed E-state index contributed by atoms with van der Waals surface area (Å²) in [6.45, 7) is 9.80. The van der Waals surface area contributed by atoms with E-state index in [0.29, 0.717) is 5.92 Å². The Balaban J connectivity index is 2.13. The summed E-state index contributed by atoms with van der Waals surface area (Å²) in [5.74, 6) is 2.28. The molecule has 1 N–H and O–H groups in total. The van der Waals surface area contributed by atoms with Gasteiger partial charge < -0.3 is 9.73 Å². The van der Waals surface area contributed by atoms with Crippen LogP contribution in [-0.2, 0) is 5.41 Å². The van der Waals surface area contributed by atoms with Crippen molar-refractivity contribution in [1.82, 2.24) is 15.5 Å². The van der Waals surface area contributed by atoms with E-state index in [0.717, 1.165) is 31.2 Å². The van der Waals surface area contributed by atoms with E-state index in [1.54, 1.807) is 0 Å². The summed E-state index contributed by atoms with van der Waals surface area (Å²) in [6.07, 6.45) is 7.24. The maximum atomic E-state index is 6.05. The molecule has 114 valence electrons. The topological polar surface area (TPSA) is 51.0 Å². The van der Waals surface area contributed by atoms with Crippen molar-refractivity contribution in [3.05, 3.63) is 11.8 Å². The molecule has 20 heavy (non-hydrogen) atoms. The third kappa shape index (κ3) is 3.40. The predicted molar refractivity (Wildman–Crippen MR) is 80.6 cm³/mol. The van der Waals surface area contributed by atoms with E-state index in [1.165, 1.54) is 25.7 Å². The Kier molecular flexibility index (Phi) is 5.19. The van der Waals surface area contributed by atoms with Crippen LogP contribution >= 0.6 is 0 Å². The number of rotatable bonds is 7. The number of hydrogen-bond acceptors (Lipinski definition) is 4. The molecule has 4 nitrogen and oxygen atoms in total. The van der Waals surface area contributed by atoms with Gasteiger partial charge in [0, 0.05) is 5.41 Å². The van der Waals surface area contributed by atoms with Gasteiger partial charge in [-0.3, -0.25) is 0 Å². The lowest BCUT2D eigenvalue weighted by Crippen LogP contribution is -2.25. The largest absolute Gasteiger partial charge is 0.423 e. The minimum atomic E-state index is 0.143. The minimum Gasteiger partial charge on any atom is -0.423 e. The zero-order valence-electron chi connectivity index (χ0n) is 13.4. The van der Waals surface area contributed by atoms with Gasteiger partial charge in [-0.1, -0.05) is 33.6 Å². The second-order valence-corrected chi connectivity index (χ2v) is 6.71. The van der Waals surface area contributed by atoms with Gasteiger partial charge >= 0.3 is 0 Å². The molecule has 1 aromatic heterocycles. The molecule has 1 aliphatic carbocycles. The first-order chi connectivity index (χ1) is 9.57. The van der Waals surface area contributed by atoms with Crippen molar-refractivity contribution in [2.75, 3.05) is 6.54 Å². The maximum absolute atomic E-state index is 6.05. The van der Waals surface area contributed by atoms with Crippen molar-refractivity contribution in [3.63, 3.8) is 0 Å². The highest BCUT2D eigenvalue weighted by Crippen LogP contribution is 2.45. The first kappa shape index (κ1) is 15.5. The van der Waals surface area contributed by atoms with Crippen LogP contribution in [0.3, 0.4) is 0 Å². The Morgan fingerprint density at radius 1 is 1.20 bits per heavy atom. The predicted octanol–water partition coefficient (Wildman–Crippen LogP) is 3.99. The van der Waals surface area contributed by atoms with E-state index in [1.807, 2.05) is 0 Å². The second-order valence-electron chi connectivity index (χ2n) is 6.71. The lowest BCUT2D eigenvalue weighted by molar-refractivity contribution is 0.261. The van der Waals surface area contributed by atoms with Crippen molar-refractivity contribution < 1.29 is 4.42 Å². The summed E-state index contributed by atoms with van der Waals surface area (Å²) in [7, 11) is 0. The van der Waals surface area contributed by atoms with E-state index in [-0.39, 0.29) is 11.5 Å². The van der Waals surface area contributed by atoms with Crippen LogP contribution in [0, 0.1) is 5.92 Å². The standard InChI is InChI=1S/C16H29N3O/c1-5-10-17-13(4)14-18-19-15(20-14)16(11-12(2)3)8-6-7-9-16/h12-13,17H,5-11H2,1-4H3. The van der Waals surface area contributed by atoms with Crippen LogP contribution in [0.25, 0.3) is 0 Å². The Bertz CT molecular complexity index is 408. The number of hydrogen-bond donors (Lipinski definition) is 1. The fourth-order valence-electron chi connectivity index (χ4n) is 3.41. The van der Waals surface area contributed by atoms with Crippen molar-refractivity contribution in [3.8, 4) is 0 Å². The fourth-order valence-corrected chi connectivity index (χ4v) is 3.41. The molecule has 1 saturated carbocycles. The molecular formula is C16H29N3O. The average Bonchev–Trinajstić information content (AvgIpc) is 3.04. The minimum absolute atomic E-state index is 0.143. The lowest BCUT2D eigenvalue weighted by Gasteiger charge is -2.26. The molecule has 4 heteroatoms. The molecular weight excluding hydrogens is 250 g/mol. The Morgan fingerprint density at radius 3 is 2.50 bits per heavy atom. The van der Waals surface area contributed by atoms with Gasteiger partial charge in [0.15, 0.2) is 0 Å². The molecule has 1 heterocycles. The third-order valence-corrected chi connectivity index (χ3v) is 4.32. The van der Waals surface area contributed by atoms with E-state index in [2.05, 4.69) is 43.2 Å². The molecule has 0 amide bonds. The molecule has 1 atom stereocenters. The van der Waals surface area contributed by atoms with Crippen LogP contribution < -0.4 is 5.32 Å². The van der Waals surface area contributed by atoms with Crippen molar-refractivity contribution in [2.45, 2.75) is 77.7 Å². The third-order valence-electron chi connectivity index (χ3n) is 4.32. The van der Waals surface area contributed by atoms with Gasteiger partial charge in [0.2, 0.25) is 11.8 Å². The highest BCUT2D eigenvalue weighted by molar-refractivity contribution is 5.08. The summed E-state index contributed by atoms with van der Waals surface area (Å²) in [5.41, 5.74) is 0.143. The maximum Gasteiger partial charge on any atom is 0.233 e. The van der Waals surface area contributed by atoms with Crippen LogP contribution in [0.1, 0.15) is 84.0 Å². The highest BCUT2D eigenvalue weighted by Gasteiger charge is 2.41. The number of nitrogens with one attached hydrogen (secondary N) is 1. The summed E-state index contributed by atoms with van der Waals surface area (Å²) < 4.78 is 6.05. The zero-order chi connectivity index (χ0) is 14.6. The van der Waals surface area contributed by atoms with Crippen LogP contribution in [0.5, 0.6) is 0 Å². The summed E-state index contributed by atoms with van der Waals surface area (Å²) in [6, 6.07) is 0.147. The Morgan fingerprint density at radius 2 is 1.90 bits per heavy atom. The smallest absolute Gasteiger partial charge is 0.233 e. The van der Waals surface area contributed by atoms with Crippen molar-refractivity contribution in [1.29, 1.82) is 0 Å². The van der Waals surface area contributed by atoms with E-state index >= 15 is 0 Å². The first-order valence-corrected chi connectivity index (χ1v) is 8.14. The van der Waals surface area contributed by atoms with Gasteiger partial charge in [-0.25, -0.2) is 0 Å². The molecule has 0 radical (unpaired) electrons. The Hall–Kier alpha value is -0.900. The average molecular weight is 279 g/mol. The van der Waals surface area contributed by atoms with Gasteiger partial charge in [0.05, 0.1) is 6.04 Å². The highest BCUT2D eigenvalue weighted by atomic mass is 16.4. The van der Waals surface area contributed by atoms with Gasteiger partial charge in [-0.15, -0.1) is 10.2 Å². The lowest BCUT2D eigenvalue weighted by atomic mass is 9.78. The van der Waals surface area contributed by atoms with Crippen molar-refractivity contribution in [2.24, 2.45) is 5.92 Å². The van der Waals surface area contributed by atoms with Crippen LogP contribution in [0.15, 0.2) is 4.42 Å². The van der Waals surface area contributed by atoms with Gasteiger partial charge in [0.1, 0.15) is 0 Å². The molecule has 1 aromatic rings. The molecule has 0 spiro atoms. The van der Waals surface area contributed by atoms with Gasteiger partial charge in [0.25, 0.3) is 0 Å². The van der Waals surface area contributed by atoms with E-state index in [4.69, 9.17) is 4.42 Å². The van der Waals surface area contributed by atoms with Crippen LogP contribution in [-0.4, -0.2) is 16.7 Å². The summed E-state index contributed by atoms with van der Waals surface area (Å²) in [4.78, 5) is 0. The molecule has 1 aliphatic rings. The van der Waals surface area contributed by atoms with Gasteiger partial charge in [-0.2, -0.15) is 0 Å². The number of aromatic nitrogens is 2.